The minimum atomic E-state index is -3.45. The number of ketones is 1. The second-order valence-corrected chi connectivity index (χ2v) is 9.42. The molecule has 1 atom stereocenters. The van der Waals surface area contributed by atoms with Crippen LogP contribution in [0.4, 0.5) is 0 Å². The van der Waals surface area contributed by atoms with Crippen LogP contribution in [0, 0.1) is 19.8 Å². The highest BCUT2D eigenvalue weighted by Gasteiger charge is 2.33. The highest BCUT2D eigenvalue weighted by molar-refractivity contribution is 7.88. The zero-order valence-corrected chi connectivity index (χ0v) is 17.5. The Kier molecular flexibility index (Phi) is 6.20. The third kappa shape index (κ3) is 4.45. The van der Waals surface area contributed by atoms with E-state index in [9.17, 15) is 13.2 Å². The van der Waals surface area contributed by atoms with E-state index in [0.29, 0.717) is 24.9 Å². The summed E-state index contributed by atoms with van der Waals surface area (Å²) in [5.41, 5.74) is 3.21. The third-order valence-corrected chi connectivity index (χ3v) is 7.11. The number of rotatable bonds is 6. The van der Waals surface area contributed by atoms with Crippen molar-refractivity contribution < 1.29 is 17.9 Å². The first-order valence-corrected chi connectivity index (χ1v) is 11.1. The van der Waals surface area contributed by atoms with Gasteiger partial charge in [-0.2, -0.15) is 0 Å². The Labute approximate surface area is 167 Å². The lowest BCUT2D eigenvalue weighted by atomic mass is 9.89. The fourth-order valence-electron chi connectivity index (χ4n) is 3.94. The van der Waals surface area contributed by atoms with Gasteiger partial charge in [0, 0.05) is 24.6 Å². The van der Waals surface area contributed by atoms with Gasteiger partial charge in [-0.25, -0.2) is 12.7 Å². The summed E-state index contributed by atoms with van der Waals surface area (Å²) in [5.74, 6) is 0.447. The van der Waals surface area contributed by atoms with E-state index >= 15 is 0 Å². The van der Waals surface area contributed by atoms with Crippen LogP contribution in [0.15, 0.2) is 42.5 Å². The van der Waals surface area contributed by atoms with Crippen LogP contribution in [-0.4, -0.2) is 38.7 Å². The van der Waals surface area contributed by atoms with Gasteiger partial charge < -0.3 is 4.74 Å². The molecule has 6 heteroatoms. The first-order chi connectivity index (χ1) is 13.3. The number of carbonyl (C=O) groups excluding carboxylic acids is 1. The fourth-order valence-corrected chi connectivity index (χ4v) is 5.55. The molecule has 28 heavy (non-hydrogen) atoms. The molecule has 2 aromatic carbocycles. The molecule has 0 amide bonds. The van der Waals surface area contributed by atoms with Crippen molar-refractivity contribution in [3.8, 4) is 5.75 Å². The van der Waals surface area contributed by atoms with Crippen molar-refractivity contribution in [1.82, 2.24) is 4.31 Å². The number of ether oxygens (including phenoxy) is 1. The first kappa shape index (κ1) is 20.6. The number of benzene rings is 2. The number of methoxy groups -OCH3 is 1. The van der Waals surface area contributed by atoms with Gasteiger partial charge in [-0.3, -0.25) is 4.79 Å². The Bertz CT molecular complexity index is 931. The quantitative estimate of drug-likeness (QED) is 0.692. The van der Waals surface area contributed by atoms with E-state index in [1.807, 2.05) is 56.3 Å². The van der Waals surface area contributed by atoms with Crippen LogP contribution in [0.5, 0.6) is 5.75 Å². The molecule has 1 saturated heterocycles. The molecule has 5 nitrogen and oxygen atoms in total. The molecular formula is C22H27NO4S. The van der Waals surface area contributed by atoms with E-state index in [4.69, 9.17) is 4.74 Å². The average molecular weight is 402 g/mol. The highest BCUT2D eigenvalue weighted by atomic mass is 32.2. The number of nitrogens with zero attached hydrogens (tertiary/aromatic N) is 1. The van der Waals surface area contributed by atoms with Gasteiger partial charge in [-0.1, -0.05) is 30.3 Å². The first-order valence-electron chi connectivity index (χ1n) is 9.53. The zero-order chi connectivity index (χ0) is 20.3. The molecule has 2 aromatic rings. The monoisotopic (exact) mass is 401 g/mol. The van der Waals surface area contributed by atoms with E-state index < -0.39 is 10.0 Å². The second kappa shape index (κ2) is 8.45. The predicted octanol–water partition coefficient (Wildman–Crippen LogP) is 3.74. The van der Waals surface area contributed by atoms with Crippen molar-refractivity contribution >= 4 is 15.8 Å². The maximum Gasteiger partial charge on any atom is 0.218 e. The van der Waals surface area contributed by atoms with Crippen molar-refractivity contribution in [2.45, 2.75) is 32.4 Å². The largest absolute Gasteiger partial charge is 0.496 e. The molecular weight excluding hydrogens is 374 g/mol. The predicted molar refractivity (Wildman–Crippen MR) is 110 cm³/mol. The van der Waals surface area contributed by atoms with Gasteiger partial charge in [0.2, 0.25) is 10.0 Å². The van der Waals surface area contributed by atoms with Crippen LogP contribution >= 0.6 is 0 Å². The maximum absolute atomic E-state index is 13.1. The summed E-state index contributed by atoms with van der Waals surface area (Å²) in [5, 5.41) is 0. The van der Waals surface area contributed by atoms with Gasteiger partial charge in [0.25, 0.3) is 0 Å². The van der Waals surface area contributed by atoms with Gasteiger partial charge in [0.15, 0.2) is 5.78 Å². The van der Waals surface area contributed by atoms with Gasteiger partial charge >= 0.3 is 0 Å². The maximum atomic E-state index is 13.1. The molecule has 0 radical (unpaired) electrons. The van der Waals surface area contributed by atoms with Crippen LogP contribution < -0.4 is 4.74 Å². The summed E-state index contributed by atoms with van der Waals surface area (Å²) < 4.78 is 32.6. The number of carbonyl (C=O) groups is 1. The lowest BCUT2D eigenvalue weighted by molar-refractivity contribution is 0.0872. The SMILES string of the molecule is COc1c(C)cc(C(=O)[C@H]2CCCN(S(=O)(=O)Cc3ccccc3)C2)cc1C. The molecule has 1 aliphatic heterocycles. The van der Waals surface area contributed by atoms with Crippen LogP contribution in [-0.2, 0) is 15.8 Å². The molecule has 1 heterocycles. The normalized spacial score (nSPS) is 18.0. The van der Waals surface area contributed by atoms with Crippen molar-refractivity contribution in [3.63, 3.8) is 0 Å². The van der Waals surface area contributed by atoms with Crippen molar-refractivity contribution in [2.24, 2.45) is 5.92 Å². The van der Waals surface area contributed by atoms with Gasteiger partial charge in [0.05, 0.1) is 12.9 Å². The Morgan fingerprint density at radius 2 is 1.79 bits per heavy atom. The Hall–Kier alpha value is -2.18. The molecule has 0 bridgehead atoms. The smallest absolute Gasteiger partial charge is 0.218 e. The molecule has 150 valence electrons. The lowest BCUT2D eigenvalue weighted by Gasteiger charge is -2.31. The van der Waals surface area contributed by atoms with E-state index in [-0.39, 0.29) is 24.0 Å². The molecule has 0 N–H and O–H groups in total. The topological polar surface area (TPSA) is 63.7 Å². The van der Waals surface area contributed by atoms with E-state index in [2.05, 4.69) is 0 Å². The van der Waals surface area contributed by atoms with Gasteiger partial charge in [-0.05, 0) is 55.5 Å². The zero-order valence-electron chi connectivity index (χ0n) is 16.6. The minimum absolute atomic E-state index is 0.00784. The number of hydrogen-bond acceptors (Lipinski definition) is 4. The van der Waals surface area contributed by atoms with E-state index in [1.165, 1.54) is 4.31 Å². The Morgan fingerprint density at radius 1 is 1.14 bits per heavy atom. The number of sulfonamides is 1. The Balaban J connectivity index is 1.77. The molecule has 0 saturated carbocycles. The van der Waals surface area contributed by atoms with Crippen molar-refractivity contribution in [2.75, 3.05) is 20.2 Å². The minimum Gasteiger partial charge on any atom is -0.496 e. The van der Waals surface area contributed by atoms with Crippen molar-refractivity contribution in [3.05, 3.63) is 64.7 Å². The summed E-state index contributed by atoms with van der Waals surface area (Å²) in [6.45, 7) is 4.55. The van der Waals surface area contributed by atoms with Crippen LogP contribution in [0.1, 0.15) is 39.9 Å². The summed E-state index contributed by atoms with van der Waals surface area (Å²) in [6, 6.07) is 12.8. The Morgan fingerprint density at radius 3 is 2.39 bits per heavy atom. The number of Topliss-reactive ketones (excluding diaryl/α,β-unsaturated/α-hetero) is 1. The summed E-state index contributed by atoms with van der Waals surface area (Å²) in [6.07, 6.45) is 1.40. The summed E-state index contributed by atoms with van der Waals surface area (Å²) >= 11 is 0. The van der Waals surface area contributed by atoms with Crippen LogP contribution in [0.25, 0.3) is 0 Å². The van der Waals surface area contributed by atoms with Crippen LogP contribution in [0.3, 0.4) is 0 Å². The van der Waals surface area contributed by atoms with E-state index in [1.54, 1.807) is 7.11 Å². The van der Waals surface area contributed by atoms with Crippen molar-refractivity contribution in [1.29, 1.82) is 0 Å². The molecule has 0 unspecified atom stereocenters. The van der Waals surface area contributed by atoms with Gasteiger partial charge in [0.1, 0.15) is 5.75 Å². The molecule has 0 spiro atoms. The van der Waals surface area contributed by atoms with E-state index in [0.717, 1.165) is 22.4 Å². The number of piperidine rings is 1. The molecule has 1 fully saturated rings. The summed E-state index contributed by atoms with van der Waals surface area (Å²) in [7, 11) is -1.83. The van der Waals surface area contributed by atoms with Crippen LogP contribution in [0.2, 0.25) is 0 Å². The molecule has 0 aromatic heterocycles. The molecule has 3 rings (SSSR count). The van der Waals surface area contributed by atoms with Gasteiger partial charge in [-0.15, -0.1) is 0 Å². The number of hydrogen-bond donors (Lipinski definition) is 0. The lowest BCUT2D eigenvalue weighted by Crippen LogP contribution is -2.42. The highest BCUT2D eigenvalue weighted by Crippen LogP contribution is 2.29. The summed E-state index contributed by atoms with van der Waals surface area (Å²) in [4.78, 5) is 13.1. The molecule has 0 aliphatic carbocycles. The third-order valence-electron chi connectivity index (χ3n) is 5.29. The fraction of sp³-hybridized carbons (Fsp3) is 0.409. The second-order valence-electron chi connectivity index (χ2n) is 7.45. The standard InChI is InChI=1S/C22H27NO4S/c1-16-12-20(13-17(2)22(16)27-3)21(24)19-10-7-11-23(14-19)28(25,26)15-18-8-5-4-6-9-18/h4-6,8-9,12-13,19H,7,10-11,14-15H2,1-3H3/t19-/m0/s1. The average Bonchev–Trinajstić information content (AvgIpc) is 2.67. The number of aryl methyl sites for hydroxylation is 2. The molecule has 1 aliphatic rings.